The standard InChI is InChI=1S/C26H37ClN6O4/c1-16(2)24(23-14-33(37-23)31(3)4)26(36)32-11-5-6-22(32)25(35)30-21(15-34)18-9-7-17(8-10-18)19(12-28)20(27)13-29/h7-10,12-14,16,21-22,24,34H,5-6,11,15,28-29H2,1-4H3,(H,30,35)/b19-12-,20-13+. The molecule has 3 rings (SSSR count). The van der Waals surface area contributed by atoms with Gasteiger partial charge in [-0.2, -0.15) is 0 Å². The highest BCUT2D eigenvalue weighted by Crippen LogP contribution is 2.32. The van der Waals surface area contributed by atoms with Crippen molar-refractivity contribution < 1.29 is 19.2 Å². The van der Waals surface area contributed by atoms with Crippen LogP contribution < -0.4 is 21.8 Å². The minimum Gasteiger partial charge on any atom is -0.404 e. The lowest BCUT2D eigenvalue weighted by molar-refractivity contribution is -0.141. The van der Waals surface area contributed by atoms with E-state index in [-0.39, 0.29) is 24.3 Å². The Labute approximate surface area is 222 Å². The number of rotatable bonds is 10. The van der Waals surface area contributed by atoms with Gasteiger partial charge in [-0.25, -0.2) is 0 Å². The van der Waals surface area contributed by atoms with Crippen LogP contribution in [0.2, 0.25) is 0 Å². The van der Waals surface area contributed by atoms with Crippen LogP contribution in [0.15, 0.2) is 52.4 Å². The Morgan fingerprint density at radius 3 is 2.41 bits per heavy atom. The van der Waals surface area contributed by atoms with Gasteiger partial charge in [0, 0.05) is 38.6 Å². The summed E-state index contributed by atoms with van der Waals surface area (Å²) >= 11 is 6.11. The first-order valence-corrected chi connectivity index (χ1v) is 12.7. The van der Waals surface area contributed by atoms with Crippen molar-refractivity contribution in [2.24, 2.45) is 17.4 Å². The van der Waals surface area contributed by atoms with E-state index in [2.05, 4.69) is 5.32 Å². The van der Waals surface area contributed by atoms with Gasteiger partial charge in [-0.05, 0) is 29.9 Å². The lowest BCUT2D eigenvalue weighted by Gasteiger charge is -2.32. The van der Waals surface area contributed by atoms with Crippen LogP contribution in [0, 0.1) is 5.92 Å². The van der Waals surface area contributed by atoms with Crippen LogP contribution in [-0.4, -0.2) is 60.0 Å². The first-order valence-electron chi connectivity index (χ1n) is 12.3. The van der Waals surface area contributed by atoms with Crippen molar-refractivity contribution in [2.75, 3.05) is 32.3 Å². The smallest absolute Gasteiger partial charge is 0.243 e. The molecule has 1 aliphatic rings. The molecule has 0 spiro atoms. The van der Waals surface area contributed by atoms with E-state index < -0.39 is 18.0 Å². The van der Waals surface area contributed by atoms with Crippen LogP contribution in [0.3, 0.4) is 0 Å². The van der Waals surface area contributed by atoms with E-state index in [1.807, 2.05) is 27.9 Å². The molecular weight excluding hydrogens is 496 g/mol. The van der Waals surface area contributed by atoms with Gasteiger partial charge in [0.05, 0.1) is 17.7 Å². The number of aliphatic hydroxyl groups is 1. The van der Waals surface area contributed by atoms with Crippen molar-refractivity contribution in [1.82, 2.24) is 15.1 Å². The molecule has 6 N–H and O–H groups in total. The van der Waals surface area contributed by atoms with E-state index in [0.29, 0.717) is 34.9 Å². The molecular formula is C26H37ClN6O4. The Bertz CT molecular complexity index is 1120. The molecule has 1 saturated heterocycles. The Balaban J connectivity index is 1.73. The topological polar surface area (TPSA) is 143 Å². The molecule has 2 aromatic rings. The molecule has 3 unspecified atom stereocenters. The molecule has 10 nitrogen and oxygen atoms in total. The van der Waals surface area contributed by atoms with E-state index in [0.717, 1.165) is 12.0 Å². The third-order valence-corrected chi connectivity index (χ3v) is 6.93. The number of allylic oxidation sites excluding steroid dienone is 2. The number of halogens is 1. The number of nitrogens with two attached hydrogens (primary N) is 2. The second-order valence-corrected chi connectivity index (χ2v) is 10.1. The summed E-state index contributed by atoms with van der Waals surface area (Å²) in [5, 5.41) is 15.0. The zero-order valence-corrected chi connectivity index (χ0v) is 22.5. The fourth-order valence-corrected chi connectivity index (χ4v) is 4.74. The summed E-state index contributed by atoms with van der Waals surface area (Å²) in [4.78, 5) is 30.0. The highest BCUT2D eigenvalue weighted by molar-refractivity contribution is 6.36. The average molecular weight is 533 g/mol. The molecule has 1 aromatic carbocycles. The van der Waals surface area contributed by atoms with Crippen molar-refractivity contribution in [3.8, 4) is 0 Å². The van der Waals surface area contributed by atoms with E-state index in [9.17, 15) is 14.7 Å². The second-order valence-electron chi connectivity index (χ2n) is 9.64. The summed E-state index contributed by atoms with van der Waals surface area (Å²) in [5.41, 5.74) is 13.2. The summed E-state index contributed by atoms with van der Waals surface area (Å²) in [6.07, 6.45) is 5.69. The fourth-order valence-electron chi connectivity index (χ4n) is 4.57. The van der Waals surface area contributed by atoms with Crippen molar-refractivity contribution in [2.45, 2.75) is 44.7 Å². The first-order chi connectivity index (χ1) is 17.6. The monoisotopic (exact) mass is 532 g/mol. The second kappa shape index (κ2) is 12.2. The first kappa shape index (κ1) is 28.2. The summed E-state index contributed by atoms with van der Waals surface area (Å²) in [6, 6.07) is 5.88. The zero-order valence-electron chi connectivity index (χ0n) is 21.7. The van der Waals surface area contributed by atoms with Crippen LogP contribution in [0.1, 0.15) is 55.5 Å². The van der Waals surface area contributed by atoms with Crippen LogP contribution in [0.5, 0.6) is 0 Å². The molecule has 202 valence electrons. The molecule has 0 saturated carbocycles. The van der Waals surface area contributed by atoms with Gasteiger partial charge < -0.3 is 31.3 Å². The average Bonchev–Trinajstić information content (AvgIpc) is 3.34. The predicted molar refractivity (Wildman–Crippen MR) is 144 cm³/mol. The molecule has 2 amide bonds. The maximum atomic E-state index is 13.6. The number of likely N-dealkylation sites (tertiary alicyclic amines) is 1. The number of carbonyl (C=O) groups is 2. The number of amides is 2. The number of hydrogen-bond acceptors (Lipinski definition) is 7. The van der Waals surface area contributed by atoms with Gasteiger partial charge in [-0.3, -0.25) is 14.6 Å². The summed E-state index contributed by atoms with van der Waals surface area (Å²) in [5.74, 6) is -0.334. The van der Waals surface area contributed by atoms with Gasteiger partial charge in [0.15, 0.2) is 5.76 Å². The normalized spacial score (nSPS) is 18.2. The van der Waals surface area contributed by atoms with E-state index in [4.69, 9.17) is 27.6 Å². The SMILES string of the molecule is CC(C)C(C(=O)N1CCCC1C(=O)NC(CO)c1ccc(C(=C/N)/C(Cl)=C\N)cc1)c1cn(N(C)C)o1. The van der Waals surface area contributed by atoms with Crippen molar-refractivity contribution in [1.29, 1.82) is 0 Å². The van der Waals surface area contributed by atoms with Gasteiger partial charge >= 0.3 is 0 Å². The quantitative estimate of drug-likeness (QED) is 0.343. The molecule has 1 fully saturated rings. The van der Waals surface area contributed by atoms with Crippen LogP contribution in [0.25, 0.3) is 5.57 Å². The number of nitrogens with zero attached hydrogens (tertiary/aromatic N) is 3. The summed E-state index contributed by atoms with van der Waals surface area (Å²) in [6.45, 7) is 4.12. The van der Waals surface area contributed by atoms with Gasteiger partial charge in [0.1, 0.15) is 18.2 Å². The minimum absolute atomic E-state index is 0.00819. The summed E-state index contributed by atoms with van der Waals surface area (Å²) in [7, 11) is 3.68. The highest BCUT2D eigenvalue weighted by Gasteiger charge is 2.41. The maximum absolute atomic E-state index is 13.6. The van der Waals surface area contributed by atoms with E-state index in [1.165, 1.54) is 12.4 Å². The van der Waals surface area contributed by atoms with E-state index >= 15 is 0 Å². The number of aliphatic hydroxyl groups excluding tert-OH is 1. The molecule has 3 atom stereocenters. The number of benzene rings is 1. The van der Waals surface area contributed by atoms with Crippen LogP contribution in [0.4, 0.5) is 0 Å². The van der Waals surface area contributed by atoms with Crippen molar-refractivity contribution in [3.05, 3.63) is 64.8 Å². The van der Waals surface area contributed by atoms with Crippen LogP contribution in [-0.2, 0) is 9.59 Å². The van der Waals surface area contributed by atoms with Gasteiger partial charge in [0.25, 0.3) is 0 Å². The molecule has 1 aliphatic heterocycles. The molecule has 11 heteroatoms. The highest BCUT2D eigenvalue weighted by atomic mass is 35.5. The lowest BCUT2D eigenvalue weighted by Crippen LogP contribution is -2.49. The van der Waals surface area contributed by atoms with Gasteiger partial charge in [-0.15, -0.1) is 4.85 Å². The number of nitrogens with one attached hydrogen (secondary N) is 1. The molecule has 2 heterocycles. The van der Waals surface area contributed by atoms with Crippen LogP contribution >= 0.6 is 11.6 Å². The number of aromatic nitrogens is 1. The molecule has 0 aliphatic carbocycles. The predicted octanol–water partition coefficient (Wildman–Crippen LogP) is 2.20. The van der Waals surface area contributed by atoms with Crippen molar-refractivity contribution >= 4 is 29.0 Å². The maximum Gasteiger partial charge on any atom is 0.243 e. The molecule has 37 heavy (non-hydrogen) atoms. The molecule has 1 aromatic heterocycles. The third kappa shape index (κ3) is 6.14. The fraction of sp³-hybridized carbons (Fsp3) is 0.462. The Hall–Kier alpha value is -3.37. The number of hydrogen-bond donors (Lipinski definition) is 4. The largest absolute Gasteiger partial charge is 0.404 e. The molecule has 0 bridgehead atoms. The van der Waals surface area contributed by atoms with Gasteiger partial charge in [-0.1, -0.05) is 49.7 Å². The Morgan fingerprint density at radius 1 is 1.24 bits per heavy atom. The lowest BCUT2D eigenvalue weighted by atomic mass is 9.91. The molecule has 0 radical (unpaired) electrons. The zero-order chi connectivity index (χ0) is 27.3. The minimum atomic E-state index is -0.642. The number of carbonyl (C=O) groups excluding carboxylic acids is 2. The summed E-state index contributed by atoms with van der Waals surface area (Å²) < 4.78 is 5.71. The Morgan fingerprint density at radius 2 is 1.89 bits per heavy atom. The van der Waals surface area contributed by atoms with Gasteiger partial charge in [0.2, 0.25) is 11.8 Å². The van der Waals surface area contributed by atoms with E-state index in [1.54, 1.807) is 45.2 Å². The Kier molecular flexibility index (Phi) is 9.34. The third-order valence-electron chi connectivity index (χ3n) is 6.60. The van der Waals surface area contributed by atoms with Crippen molar-refractivity contribution in [3.63, 3.8) is 0 Å².